The van der Waals surface area contributed by atoms with Gasteiger partial charge in [0.15, 0.2) is 0 Å². The number of aliphatic hydroxyl groups is 1. The van der Waals surface area contributed by atoms with E-state index in [1.54, 1.807) is 18.2 Å². The molecule has 158 valence electrons. The zero-order valence-electron chi connectivity index (χ0n) is 16.3. The maximum atomic E-state index is 13.6. The summed E-state index contributed by atoms with van der Waals surface area (Å²) in [7, 11) is 0. The molecule has 0 saturated heterocycles. The van der Waals surface area contributed by atoms with Crippen molar-refractivity contribution in [2.75, 3.05) is 0 Å². The number of rotatable bonds is 6. The quantitative estimate of drug-likeness (QED) is 0.497. The summed E-state index contributed by atoms with van der Waals surface area (Å²) < 4.78 is 29.1. The smallest absolute Gasteiger partial charge is 0.277 e. The molecule has 0 bridgehead atoms. The van der Waals surface area contributed by atoms with Crippen molar-refractivity contribution >= 4 is 11.4 Å². The van der Waals surface area contributed by atoms with Crippen LogP contribution in [0.1, 0.15) is 11.1 Å². The fourth-order valence-electron chi connectivity index (χ4n) is 3.31. The number of benzene rings is 2. The Balaban J connectivity index is 1.60. The van der Waals surface area contributed by atoms with Gasteiger partial charge < -0.3 is 15.0 Å². The summed E-state index contributed by atoms with van der Waals surface area (Å²) >= 11 is 0. The zero-order valence-corrected chi connectivity index (χ0v) is 16.3. The van der Waals surface area contributed by atoms with E-state index in [1.165, 1.54) is 51.8 Å². The number of aliphatic hydroxyl groups excluding tert-OH is 1. The van der Waals surface area contributed by atoms with E-state index in [1.807, 2.05) is 0 Å². The van der Waals surface area contributed by atoms with Crippen molar-refractivity contribution in [2.45, 2.75) is 19.7 Å². The van der Waals surface area contributed by atoms with E-state index in [-0.39, 0.29) is 35.7 Å². The number of hydrogen-bond donors (Lipinski definition) is 2. The third-order valence-electron chi connectivity index (χ3n) is 4.83. The molecule has 0 spiro atoms. The van der Waals surface area contributed by atoms with E-state index in [0.29, 0.717) is 5.56 Å². The number of carbonyl (C=O) groups is 1. The Morgan fingerprint density at radius 1 is 1.06 bits per heavy atom. The summed E-state index contributed by atoms with van der Waals surface area (Å²) in [5.41, 5.74) is 1.27. The van der Waals surface area contributed by atoms with Gasteiger partial charge in [-0.1, -0.05) is 24.3 Å². The first-order chi connectivity index (χ1) is 15.0. The number of halogens is 2. The summed E-state index contributed by atoms with van der Waals surface area (Å²) in [6, 6.07) is 11.4. The maximum absolute atomic E-state index is 13.6. The molecule has 4 rings (SSSR count). The van der Waals surface area contributed by atoms with Crippen LogP contribution in [0.4, 0.5) is 8.78 Å². The van der Waals surface area contributed by atoms with Crippen LogP contribution in [0.5, 0.6) is 0 Å². The highest BCUT2D eigenvalue weighted by atomic mass is 19.1. The number of nitrogens with zero attached hydrogens (tertiary/aromatic N) is 3. The molecular formula is C22H18F2N4O3. The fraction of sp³-hybridized carbons (Fsp3) is 0.136. The molecule has 7 nitrogen and oxygen atoms in total. The monoisotopic (exact) mass is 424 g/mol. The predicted molar refractivity (Wildman–Crippen MR) is 109 cm³/mol. The second kappa shape index (κ2) is 8.49. The van der Waals surface area contributed by atoms with Gasteiger partial charge in [0.2, 0.25) is 5.91 Å². The van der Waals surface area contributed by atoms with Gasteiger partial charge in [-0.05, 0) is 29.8 Å². The lowest BCUT2D eigenvalue weighted by Gasteiger charge is -2.08. The van der Waals surface area contributed by atoms with E-state index >= 15 is 0 Å². The molecule has 0 aliphatic heterocycles. The standard InChI is InChI=1S/C22H18F2N4O3/c23-16-6-4-14(5-7-16)11-25-19(30)12-27-8-9-28-21(22(27)31)18(13-29)20(26-28)15-2-1-3-17(24)10-15/h1-10,29H,11-13H2,(H,25,30). The molecule has 4 aromatic rings. The Hall–Kier alpha value is -3.85. The zero-order chi connectivity index (χ0) is 22.0. The average Bonchev–Trinajstić information content (AvgIpc) is 3.15. The Morgan fingerprint density at radius 2 is 1.84 bits per heavy atom. The Kier molecular flexibility index (Phi) is 5.59. The number of amides is 1. The molecule has 9 heteroatoms. The highest BCUT2D eigenvalue weighted by Gasteiger charge is 2.18. The van der Waals surface area contributed by atoms with Gasteiger partial charge in [0.1, 0.15) is 23.7 Å². The first-order valence-electron chi connectivity index (χ1n) is 9.45. The van der Waals surface area contributed by atoms with Crippen molar-refractivity contribution in [3.8, 4) is 11.3 Å². The summed E-state index contributed by atoms with van der Waals surface area (Å²) in [5.74, 6) is -1.24. The second-order valence-corrected chi connectivity index (χ2v) is 6.92. The van der Waals surface area contributed by atoms with Crippen molar-refractivity contribution in [2.24, 2.45) is 0 Å². The van der Waals surface area contributed by atoms with Gasteiger partial charge in [-0.25, -0.2) is 13.3 Å². The van der Waals surface area contributed by atoms with E-state index in [9.17, 15) is 23.5 Å². The SMILES string of the molecule is O=C(Cn1ccn2nc(-c3cccc(F)c3)c(CO)c2c1=O)NCc1ccc(F)cc1. The van der Waals surface area contributed by atoms with E-state index in [2.05, 4.69) is 10.4 Å². The minimum atomic E-state index is -0.515. The number of carbonyl (C=O) groups excluding carboxylic acids is 1. The first kappa shape index (κ1) is 20.4. The van der Waals surface area contributed by atoms with Crippen LogP contribution in [0.2, 0.25) is 0 Å². The molecule has 2 N–H and O–H groups in total. The average molecular weight is 424 g/mol. The summed E-state index contributed by atoms with van der Waals surface area (Å²) in [6.45, 7) is -0.540. The molecule has 0 fully saturated rings. The van der Waals surface area contributed by atoms with Crippen LogP contribution in [0.3, 0.4) is 0 Å². The molecule has 31 heavy (non-hydrogen) atoms. The van der Waals surface area contributed by atoms with Crippen molar-refractivity contribution in [3.63, 3.8) is 0 Å². The number of hydrogen-bond acceptors (Lipinski definition) is 4. The number of aromatic nitrogens is 3. The normalized spacial score (nSPS) is 11.1. The van der Waals surface area contributed by atoms with Gasteiger partial charge in [-0.3, -0.25) is 9.59 Å². The Bertz CT molecular complexity index is 1310. The van der Waals surface area contributed by atoms with E-state index < -0.39 is 23.9 Å². The lowest BCUT2D eigenvalue weighted by Crippen LogP contribution is -2.32. The van der Waals surface area contributed by atoms with Gasteiger partial charge in [0.05, 0.1) is 12.3 Å². The Labute approximate surface area is 175 Å². The van der Waals surface area contributed by atoms with Crippen molar-refractivity contribution in [1.82, 2.24) is 19.5 Å². The predicted octanol–water partition coefficient (Wildman–Crippen LogP) is 2.25. The van der Waals surface area contributed by atoms with Crippen molar-refractivity contribution < 1.29 is 18.7 Å². The van der Waals surface area contributed by atoms with Crippen LogP contribution in [-0.4, -0.2) is 25.2 Å². The van der Waals surface area contributed by atoms with Crippen LogP contribution >= 0.6 is 0 Å². The topological polar surface area (TPSA) is 88.6 Å². The molecule has 0 aliphatic rings. The molecule has 0 aliphatic carbocycles. The van der Waals surface area contributed by atoms with Gasteiger partial charge in [0.25, 0.3) is 5.56 Å². The molecule has 0 atom stereocenters. The van der Waals surface area contributed by atoms with Gasteiger partial charge in [0, 0.05) is 30.1 Å². The molecule has 1 amide bonds. The molecule has 0 radical (unpaired) electrons. The largest absolute Gasteiger partial charge is 0.392 e. The maximum Gasteiger partial charge on any atom is 0.277 e. The minimum Gasteiger partial charge on any atom is -0.392 e. The fourth-order valence-corrected chi connectivity index (χ4v) is 3.31. The van der Waals surface area contributed by atoms with Crippen molar-refractivity contribution in [1.29, 1.82) is 0 Å². The Morgan fingerprint density at radius 3 is 2.55 bits per heavy atom. The number of fused-ring (bicyclic) bond motifs is 1. The molecule has 0 saturated carbocycles. The van der Waals surface area contributed by atoms with E-state index in [4.69, 9.17) is 0 Å². The summed E-state index contributed by atoms with van der Waals surface area (Å²) in [6.07, 6.45) is 2.91. The van der Waals surface area contributed by atoms with Crippen LogP contribution in [0.25, 0.3) is 16.8 Å². The van der Waals surface area contributed by atoms with Crippen LogP contribution < -0.4 is 10.9 Å². The van der Waals surface area contributed by atoms with Gasteiger partial charge in [-0.15, -0.1) is 0 Å². The second-order valence-electron chi connectivity index (χ2n) is 6.92. The van der Waals surface area contributed by atoms with Crippen LogP contribution in [0.15, 0.2) is 65.7 Å². The number of nitrogens with one attached hydrogen (secondary N) is 1. The molecule has 2 aromatic heterocycles. The van der Waals surface area contributed by atoms with E-state index in [0.717, 1.165) is 5.56 Å². The summed E-state index contributed by atoms with van der Waals surface area (Å²) in [5, 5.41) is 16.8. The van der Waals surface area contributed by atoms with Crippen LogP contribution in [-0.2, 0) is 24.5 Å². The molecular weight excluding hydrogens is 406 g/mol. The van der Waals surface area contributed by atoms with Gasteiger partial charge >= 0.3 is 0 Å². The third-order valence-corrected chi connectivity index (χ3v) is 4.83. The molecule has 2 heterocycles. The minimum absolute atomic E-state index is 0.107. The lowest BCUT2D eigenvalue weighted by molar-refractivity contribution is -0.121. The third kappa shape index (κ3) is 4.22. The highest BCUT2D eigenvalue weighted by Crippen LogP contribution is 2.25. The molecule has 0 unspecified atom stereocenters. The first-order valence-corrected chi connectivity index (χ1v) is 9.45. The van der Waals surface area contributed by atoms with Crippen molar-refractivity contribution in [3.05, 3.63) is 94.0 Å². The van der Waals surface area contributed by atoms with Crippen LogP contribution in [0, 0.1) is 11.6 Å². The highest BCUT2D eigenvalue weighted by molar-refractivity contribution is 5.76. The summed E-state index contributed by atoms with van der Waals surface area (Å²) in [4.78, 5) is 25.3. The van der Waals surface area contributed by atoms with Gasteiger partial charge in [-0.2, -0.15) is 5.10 Å². The molecule has 2 aromatic carbocycles. The lowest BCUT2D eigenvalue weighted by atomic mass is 10.1.